The lowest BCUT2D eigenvalue weighted by Gasteiger charge is -2.39. The van der Waals surface area contributed by atoms with Gasteiger partial charge in [0.2, 0.25) is 0 Å². The minimum absolute atomic E-state index is 0.160. The predicted octanol–water partition coefficient (Wildman–Crippen LogP) is 2.56. The number of amides is 2. The van der Waals surface area contributed by atoms with Crippen LogP contribution in [0, 0.1) is 17.3 Å². The van der Waals surface area contributed by atoms with E-state index in [0.29, 0.717) is 11.8 Å². The number of carboxylic acids is 1. The van der Waals surface area contributed by atoms with Crippen LogP contribution in [0.25, 0.3) is 0 Å². The highest BCUT2D eigenvalue weighted by molar-refractivity contribution is 5.79. The summed E-state index contributed by atoms with van der Waals surface area (Å²) in [6, 6.07) is -0.160. The largest absolute Gasteiger partial charge is 0.481 e. The molecule has 1 aliphatic heterocycles. The van der Waals surface area contributed by atoms with Crippen molar-refractivity contribution in [2.75, 3.05) is 13.1 Å². The standard InChI is InChI=1S/C15H28N2O3/c1-10(2)11-7-8-17(9-11)13(20)16-15(5,6)14(3,4)12(18)19/h10-11H,7-9H2,1-6H3,(H,16,20)(H,18,19). The number of aliphatic carboxylic acids is 1. The van der Waals surface area contributed by atoms with E-state index in [4.69, 9.17) is 0 Å². The Morgan fingerprint density at radius 2 is 1.80 bits per heavy atom. The number of carbonyl (C=O) groups is 2. The van der Waals surface area contributed by atoms with Crippen LogP contribution in [0.15, 0.2) is 0 Å². The van der Waals surface area contributed by atoms with Gasteiger partial charge in [0.15, 0.2) is 0 Å². The monoisotopic (exact) mass is 284 g/mol. The first-order chi connectivity index (χ1) is 8.99. The average Bonchev–Trinajstić information content (AvgIpc) is 2.77. The minimum Gasteiger partial charge on any atom is -0.481 e. The molecule has 0 aromatic rings. The van der Waals surface area contributed by atoms with Crippen molar-refractivity contribution in [2.45, 2.75) is 53.5 Å². The summed E-state index contributed by atoms with van der Waals surface area (Å²) in [6.07, 6.45) is 1.02. The number of carbonyl (C=O) groups excluding carboxylic acids is 1. The summed E-state index contributed by atoms with van der Waals surface area (Å²) in [4.78, 5) is 25.5. The molecule has 20 heavy (non-hydrogen) atoms. The third-order valence-corrected chi connectivity index (χ3v) is 4.97. The Balaban J connectivity index is 2.69. The molecule has 0 spiro atoms. The average molecular weight is 284 g/mol. The molecule has 5 nitrogen and oxygen atoms in total. The van der Waals surface area contributed by atoms with E-state index >= 15 is 0 Å². The number of likely N-dealkylation sites (tertiary alicyclic amines) is 1. The lowest BCUT2D eigenvalue weighted by molar-refractivity contribution is -0.150. The van der Waals surface area contributed by atoms with Crippen LogP contribution in [0.5, 0.6) is 0 Å². The van der Waals surface area contributed by atoms with E-state index in [9.17, 15) is 14.7 Å². The molecule has 1 fully saturated rings. The van der Waals surface area contributed by atoms with Crippen molar-refractivity contribution < 1.29 is 14.7 Å². The zero-order chi connectivity index (χ0) is 15.7. The number of hydrogen-bond acceptors (Lipinski definition) is 2. The van der Waals surface area contributed by atoms with Gasteiger partial charge in [-0.05, 0) is 46.0 Å². The number of carboxylic acid groups (broad SMARTS) is 1. The van der Waals surface area contributed by atoms with E-state index in [-0.39, 0.29) is 6.03 Å². The molecule has 0 aliphatic carbocycles. The van der Waals surface area contributed by atoms with E-state index in [1.807, 2.05) is 0 Å². The van der Waals surface area contributed by atoms with Crippen molar-refractivity contribution in [2.24, 2.45) is 17.3 Å². The number of rotatable bonds is 4. The molecule has 0 saturated carbocycles. The fourth-order valence-electron chi connectivity index (χ4n) is 2.29. The summed E-state index contributed by atoms with van der Waals surface area (Å²) in [5, 5.41) is 12.2. The summed E-state index contributed by atoms with van der Waals surface area (Å²) in [6.45, 7) is 12.6. The van der Waals surface area contributed by atoms with Gasteiger partial charge in [0.25, 0.3) is 0 Å². The molecule has 1 aliphatic rings. The smallest absolute Gasteiger partial charge is 0.317 e. The van der Waals surface area contributed by atoms with Crippen LogP contribution < -0.4 is 5.32 Å². The molecular formula is C15H28N2O3. The maximum Gasteiger partial charge on any atom is 0.317 e. The van der Waals surface area contributed by atoms with Crippen LogP contribution in [0.1, 0.15) is 48.0 Å². The van der Waals surface area contributed by atoms with Crippen molar-refractivity contribution in [3.63, 3.8) is 0 Å². The SMILES string of the molecule is CC(C)C1CCN(C(=O)NC(C)(C)C(C)(C)C(=O)O)C1. The lowest BCUT2D eigenvalue weighted by atomic mass is 9.74. The molecule has 1 heterocycles. The Morgan fingerprint density at radius 3 is 2.20 bits per heavy atom. The highest BCUT2D eigenvalue weighted by atomic mass is 16.4. The number of hydrogen-bond donors (Lipinski definition) is 2. The van der Waals surface area contributed by atoms with Gasteiger partial charge in [-0.3, -0.25) is 4.79 Å². The Kier molecular flexibility index (Phi) is 4.72. The molecule has 1 atom stereocenters. The minimum atomic E-state index is -1.03. The molecule has 0 aromatic carbocycles. The molecule has 1 saturated heterocycles. The van der Waals surface area contributed by atoms with Crippen molar-refractivity contribution in [1.29, 1.82) is 0 Å². The molecule has 2 N–H and O–H groups in total. The van der Waals surface area contributed by atoms with Crippen LogP contribution >= 0.6 is 0 Å². The fourth-order valence-corrected chi connectivity index (χ4v) is 2.29. The second-order valence-electron chi connectivity index (χ2n) is 7.22. The number of urea groups is 1. The quantitative estimate of drug-likeness (QED) is 0.833. The molecule has 0 aromatic heterocycles. The van der Waals surface area contributed by atoms with Gasteiger partial charge in [0.05, 0.1) is 11.0 Å². The number of nitrogens with zero attached hydrogens (tertiary/aromatic N) is 1. The molecule has 2 amide bonds. The molecule has 0 bridgehead atoms. The predicted molar refractivity (Wildman–Crippen MR) is 78.5 cm³/mol. The second kappa shape index (κ2) is 5.62. The summed E-state index contributed by atoms with van der Waals surface area (Å²) in [7, 11) is 0. The van der Waals surface area contributed by atoms with E-state index in [2.05, 4.69) is 19.2 Å². The summed E-state index contributed by atoms with van der Waals surface area (Å²) in [5.41, 5.74) is -1.84. The zero-order valence-corrected chi connectivity index (χ0v) is 13.5. The maximum atomic E-state index is 12.3. The molecule has 5 heteroatoms. The Morgan fingerprint density at radius 1 is 1.25 bits per heavy atom. The van der Waals surface area contributed by atoms with Gasteiger partial charge < -0.3 is 15.3 Å². The Bertz CT molecular complexity index is 389. The van der Waals surface area contributed by atoms with E-state index in [0.717, 1.165) is 19.5 Å². The van der Waals surface area contributed by atoms with Gasteiger partial charge in [-0.1, -0.05) is 13.8 Å². The van der Waals surface area contributed by atoms with E-state index in [1.165, 1.54) is 0 Å². The van der Waals surface area contributed by atoms with Crippen molar-refractivity contribution in [1.82, 2.24) is 10.2 Å². The van der Waals surface area contributed by atoms with Crippen molar-refractivity contribution >= 4 is 12.0 Å². The summed E-state index contributed by atoms with van der Waals surface area (Å²) < 4.78 is 0. The highest BCUT2D eigenvalue weighted by Gasteiger charge is 2.45. The summed E-state index contributed by atoms with van der Waals surface area (Å²) in [5.74, 6) is 0.192. The highest BCUT2D eigenvalue weighted by Crippen LogP contribution is 2.31. The normalized spacial score (nSPS) is 20.4. The molecule has 0 radical (unpaired) electrons. The van der Waals surface area contributed by atoms with Gasteiger partial charge >= 0.3 is 12.0 Å². The molecule has 116 valence electrons. The maximum absolute atomic E-state index is 12.3. The third-order valence-electron chi connectivity index (χ3n) is 4.97. The van der Waals surface area contributed by atoms with E-state index in [1.54, 1.807) is 32.6 Å². The first kappa shape index (κ1) is 16.8. The van der Waals surface area contributed by atoms with Gasteiger partial charge in [-0.2, -0.15) is 0 Å². The first-order valence-electron chi connectivity index (χ1n) is 7.29. The van der Waals surface area contributed by atoms with Gasteiger partial charge in [0.1, 0.15) is 0 Å². The molecular weight excluding hydrogens is 256 g/mol. The zero-order valence-electron chi connectivity index (χ0n) is 13.5. The summed E-state index contributed by atoms with van der Waals surface area (Å²) >= 11 is 0. The number of nitrogens with one attached hydrogen (secondary N) is 1. The van der Waals surface area contributed by atoms with Crippen LogP contribution in [-0.2, 0) is 4.79 Å². The van der Waals surface area contributed by atoms with E-state index < -0.39 is 16.9 Å². The van der Waals surface area contributed by atoms with Gasteiger partial charge in [-0.15, -0.1) is 0 Å². The molecule has 1 unspecified atom stereocenters. The van der Waals surface area contributed by atoms with Crippen molar-refractivity contribution in [3.05, 3.63) is 0 Å². The van der Waals surface area contributed by atoms with Crippen LogP contribution in [0.3, 0.4) is 0 Å². The topological polar surface area (TPSA) is 69.6 Å². The Hall–Kier alpha value is -1.26. The fraction of sp³-hybridized carbons (Fsp3) is 0.867. The third kappa shape index (κ3) is 3.25. The first-order valence-corrected chi connectivity index (χ1v) is 7.29. The van der Waals surface area contributed by atoms with Gasteiger partial charge in [-0.25, -0.2) is 4.79 Å². The van der Waals surface area contributed by atoms with Crippen LogP contribution in [-0.4, -0.2) is 40.6 Å². The van der Waals surface area contributed by atoms with Crippen LogP contribution in [0.4, 0.5) is 4.79 Å². The van der Waals surface area contributed by atoms with Crippen molar-refractivity contribution in [3.8, 4) is 0 Å². The molecule has 1 rings (SSSR count). The lowest BCUT2D eigenvalue weighted by Crippen LogP contribution is -2.59. The second-order valence-corrected chi connectivity index (χ2v) is 7.22. The Labute approximate surface area is 121 Å². The van der Waals surface area contributed by atoms with Crippen LogP contribution in [0.2, 0.25) is 0 Å². The van der Waals surface area contributed by atoms with Gasteiger partial charge in [0, 0.05) is 13.1 Å².